The van der Waals surface area contributed by atoms with Crippen molar-refractivity contribution in [2.45, 2.75) is 37.5 Å². The van der Waals surface area contributed by atoms with Crippen LogP contribution in [0.2, 0.25) is 0 Å². The fraction of sp³-hybridized carbons (Fsp3) is 0.750. The van der Waals surface area contributed by atoms with Crippen LogP contribution in [0.25, 0.3) is 0 Å². The highest BCUT2D eigenvalue weighted by atomic mass is 35.5. The van der Waals surface area contributed by atoms with Crippen molar-refractivity contribution in [3.63, 3.8) is 0 Å². The van der Waals surface area contributed by atoms with Crippen molar-refractivity contribution in [3.8, 4) is 0 Å². The highest BCUT2D eigenvalue weighted by molar-refractivity contribution is 6.22. The van der Waals surface area contributed by atoms with E-state index >= 15 is 0 Å². The molecule has 1 atom stereocenters. The molecule has 1 aliphatic carbocycles. The van der Waals surface area contributed by atoms with Crippen LogP contribution in [0, 0.1) is 0 Å². The summed E-state index contributed by atoms with van der Waals surface area (Å²) in [5, 5.41) is 0.271. The summed E-state index contributed by atoms with van der Waals surface area (Å²) in [7, 11) is 0. The van der Waals surface area contributed by atoms with E-state index in [0.29, 0.717) is 0 Å². The average Bonchev–Trinajstić information content (AvgIpc) is 1.99. The largest absolute Gasteiger partial charge is 0.118 e. The van der Waals surface area contributed by atoms with Gasteiger partial charge in [0.1, 0.15) is 0 Å². The second kappa shape index (κ2) is 3.26. The Balaban J connectivity index is 2.41. The average molecular weight is 145 g/mol. The fourth-order valence-electron chi connectivity index (χ4n) is 1.21. The molecule has 0 aliphatic heterocycles. The topological polar surface area (TPSA) is 0 Å². The maximum atomic E-state index is 5.97. The molecule has 0 saturated heterocycles. The van der Waals surface area contributed by atoms with E-state index in [0.717, 1.165) is 12.8 Å². The Morgan fingerprint density at radius 1 is 1.33 bits per heavy atom. The zero-order chi connectivity index (χ0) is 6.69. The Hall–Kier alpha value is 0.0300. The molecule has 1 aliphatic rings. The summed E-state index contributed by atoms with van der Waals surface area (Å²) in [5.74, 6) is 0. The molecule has 1 saturated carbocycles. The van der Waals surface area contributed by atoms with Gasteiger partial charge in [-0.3, -0.25) is 0 Å². The van der Waals surface area contributed by atoms with Crippen molar-refractivity contribution in [2.24, 2.45) is 0 Å². The minimum Gasteiger partial charge on any atom is -0.118 e. The molecule has 0 aromatic rings. The van der Waals surface area contributed by atoms with Gasteiger partial charge in [0.25, 0.3) is 0 Å². The number of allylic oxidation sites excluding steroid dienone is 1. The van der Waals surface area contributed by atoms with Gasteiger partial charge in [-0.15, -0.1) is 11.6 Å². The van der Waals surface area contributed by atoms with Crippen LogP contribution in [0.4, 0.5) is 0 Å². The van der Waals surface area contributed by atoms with Crippen LogP contribution in [-0.2, 0) is 0 Å². The van der Waals surface area contributed by atoms with Crippen LogP contribution < -0.4 is 0 Å². The Kier molecular flexibility index (Phi) is 2.59. The van der Waals surface area contributed by atoms with Gasteiger partial charge < -0.3 is 0 Å². The Morgan fingerprint density at radius 3 is 2.89 bits per heavy atom. The smallest absolute Gasteiger partial charge is 0.0542 e. The van der Waals surface area contributed by atoms with Crippen molar-refractivity contribution in [3.05, 3.63) is 12.2 Å². The van der Waals surface area contributed by atoms with Crippen molar-refractivity contribution in [2.75, 3.05) is 0 Å². The Bertz CT molecular complexity index is 107. The quantitative estimate of drug-likeness (QED) is 0.279. The van der Waals surface area contributed by atoms with Crippen LogP contribution in [0.1, 0.15) is 32.1 Å². The molecule has 0 radical (unpaired) electrons. The highest BCUT2D eigenvalue weighted by Crippen LogP contribution is 2.24. The second-order valence-electron chi connectivity index (χ2n) is 2.73. The maximum Gasteiger partial charge on any atom is 0.0542 e. The third kappa shape index (κ3) is 2.02. The number of rotatable bonds is 0. The molecule has 1 fully saturated rings. The molecule has 9 heavy (non-hydrogen) atoms. The van der Waals surface area contributed by atoms with E-state index in [-0.39, 0.29) is 5.38 Å². The summed E-state index contributed by atoms with van der Waals surface area (Å²) < 4.78 is 0. The van der Waals surface area contributed by atoms with Gasteiger partial charge in [-0.05, 0) is 19.3 Å². The van der Waals surface area contributed by atoms with Crippen molar-refractivity contribution in [1.29, 1.82) is 0 Å². The van der Waals surface area contributed by atoms with Gasteiger partial charge in [-0.1, -0.05) is 25.0 Å². The highest BCUT2D eigenvalue weighted by Gasteiger charge is 2.11. The summed E-state index contributed by atoms with van der Waals surface area (Å²) in [6.07, 6.45) is 6.20. The van der Waals surface area contributed by atoms with Gasteiger partial charge in [-0.25, -0.2) is 0 Å². The van der Waals surface area contributed by atoms with Gasteiger partial charge in [0.05, 0.1) is 5.38 Å². The van der Waals surface area contributed by atoms with Gasteiger partial charge in [0.15, 0.2) is 0 Å². The third-order valence-corrected chi connectivity index (χ3v) is 2.43. The number of hydrogen-bond acceptors (Lipinski definition) is 0. The van der Waals surface area contributed by atoms with Crippen LogP contribution in [0.5, 0.6) is 0 Å². The molecule has 0 heterocycles. The van der Waals surface area contributed by atoms with E-state index in [1.54, 1.807) is 0 Å². The lowest BCUT2D eigenvalue weighted by atomic mass is 10.1. The number of hydrogen-bond donors (Lipinski definition) is 0. The lowest BCUT2D eigenvalue weighted by Crippen LogP contribution is -1.97. The van der Waals surface area contributed by atoms with Gasteiger partial charge in [0.2, 0.25) is 0 Å². The molecule has 1 heteroatoms. The van der Waals surface area contributed by atoms with E-state index in [4.69, 9.17) is 11.6 Å². The van der Waals surface area contributed by atoms with Crippen LogP contribution in [0.15, 0.2) is 12.2 Å². The lowest BCUT2D eigenvalue weighted by molar-refractivity contribution is 0.704. The second-order valence-corrected chi connectivity index (χ2v) is 3.25. The van der Waals surface area contributed by atoms with Gasteiger partial charge in [0, 0.05) is 0 Å². The summed E-state index contributed by atoms with van der Waals surface area (Å²) in [5.41, 5.74) is 1.24. The zero-order valence-electron chi connectivity index (χ0n) is 5.70. The maximum absolute atomic E-state index is 5.97. The first-order chi connectivity index (χ1) is 4.30. The molecule has 0 aromatic carbocycles. The molecular weight excluding hydrogens is 132 g/mol. The number of halogens is 1. The standard InChI is InChI=1S/C8H13Cl/c1-7-5-3-2-4-6-8(7)9/h8H,1-6H2/t8-/m0/s1. The van der Waals surface area contributed by atoms with Crippen LogP contribution in [-0.4, -0.2) is 5.38 Å². The van der Waals surface area contributed by atoms with Crippen molar-refractivity contribution < 1.29 is 0 Å². The van der Waals surface area contributed by atoms with E-state index in [1.807, 2.05) is 0 Å². The normalized spacial score (nSPS) is 29.9. The summed E-state index contributed by atoms with van der Waals surface area (Å²) in [6, 6.07) is 0. The monoisotopic (exact) mass is 144 g/mol. The van der Waals surface area contributed by atoms with E-state index in [1.165, 1.54) is 24.8 Å². The zero-order valence-corrected chi connectivity index (χ0v) is 6.45. The molecule has 1 rings (SSSR count). The van der Waals surface area contributed by atoms with Crippen LogP contribution >= 0.6 is 11.6 Å². The molecule has 0 unspecified atom stereocenters. The molecule has 0 spiro atoms. The Labute approximate surface area is 61.9 Å². The molecule has 0 bridgehead atoms. The van der Waals surface area contributed by atoms with E-state index in [9.17, 15) is 0 Å². The summed E-state index contributed by atoms with van der Waals surface area (Å²) in [4.78, 5) is 0. The number of alkyl halides is 1. The first-order valence-corrected chi connectivity index (χ1v) is 4.06. The predicted molar refractivity (Wildman–Crippen MR) is 41.9 cm³/mol. The molecule has 52 valence electrons. The van der Waals surface area contributed by atoms with Crippen molar-refractivity contribution >= 4 is 11.6 Å². The minimum atomic E-state index is 0.271. The van der Waals surface area contributed by atoms with E-state index in [2.05, 4.69) is 6.58 Å². The van der Waals surface area contributed by atoms with Crippen LogP contribution in [0.3, 0.4) is 0 Å². The predicted octanol–water partition coefficient (Wildman–Crippen LogP) is 3.11. The molecule has 0 N–H and O–H groups in total. The molecule has 0 amide bonds. The molecule has 0 aromatic heterocycles. The summed E-state index contributed by atoms with van der Waals surface area (Å²) >= 11 is 5.97. The lowest BCUT2D eigenvalue weighted by Gasteiger charge is -2.05. The van der Waals surface area contributed by atoms with E-state index < -0.39 is 0 Å². The van der Waals surface area contributed by atoms with Gasteiger partial charge in [-0.2, -0.15) is 0 Å². The fourth-order valence-corrected chi connectivity index (χ4v) is 1.48. The minimum absolute atomic E-state index is 0.271. The third-order valence-electron chi connectivity index (χ3n) is 1.90. The SMILES string of the molecule is C=C1CCCCC[C@@H]1Cl. The Morgan fingerprint density at radius 2 is 2.11 bits per heavy atom. The first kappa shape index (κ1) is 7.14. The van der Waals surface area contributed by atoms with Gasteiger partial charge >= 0.3 is 0 Å². The first-order valence-electron chi connectivity index (χ1n) is 3.62. The van der Waals surface area contributed by atoms with Crippen molar-refractivity contribution in [1.82, 2.24) is 0 Å². The summed E-state index contributed by atoms with van der Waals surface area (Å²) in [6.45, 7) is 3.92. The molecular formula is C8H13Cl. The molecule has 0 nitrogen and oxygen atoms in total.